The Bertz CT molecular complexity index is 1070. The van der Waals surface area contributed by atoms with Gasteiger partial charge in [0.1, 0.15) is 67.1 Å². The summed E-state index contributed by atoms with van der Waals surface area (Å²) < 4.78 is 66.0. The molecule has 0 spiro atoms. The standard InChI is InChI=1S/C23H45N5O14.H2O4S/c24-2-7-13(32)15(34)10(27)21(37-7)41-19-9(4-30)39-23(17(19)36)42-20-12(31)5(25)1-6(26)18(20)40-22-11(28)16(35)14(33)8(3-29)38-22;1-5(2,3)4/h5-23,29-36H,1-4,24-28H2;(H2,1,2,3,4)/t5-,6?,7+,8?,9-,10?,11?,12?,13-,14-,15?,16-,17+,18-,19+,20-,21-,22+,23?;/m1./s1. The van der Waals surface area contributed by atoms with E-state index < -0.39 is 140 Å². The molecule has 278 valence electrons. The summed E-state index contributed by atoms with van der Waals surface area (Å²) in [6.45, 7) is -1.49. The van der Waals surface area contributed by atoms with E-state index in [2.05, 4.69) is 0 Å². The van der Waals surface area contributed by atoms with Crippen molar-refractivity contribution in [2.24, 2.45) is 28.7 Å². The van der Waals surface area contributed by atoms with Gasteiger partial charge in [-0.25, -0.2) is 0 Å². The first-order valence-corrected chi connectivity index (χ1v) is 15.9. The van der Waals surface area contributed by atoms with Crippen LogP contribution in [0.2, 0.25) is 0 Å². The monoisotopic (exact) mass is 713 g/mol. The van der Waals surface area contributed by atoms with E-state index in [-0.39, 0.29) is 13.0 Å². The third kappa shape index (κ3) is 9.67. The third-order valence-electron chi connectivity index (χ3n) is 8.32. The second-order valence-corrected chi connectivity index (χ2v) is 12.5. The maximum atomic E-state index is 11.1. The summed E-state index contributed by atoms with van der Waals surface area (Å²) in [6, 6.07) is -4.30. The van der Waals surface area contributed by atoms with E-state index >= 15 is 0 Å². The quantitative estimate of drug-likeness (QED) is 0.0986. The number of hydrogen-bond acceptors (Lipinski definition) is 21. The van der Waals surface area contributed by atoms with Crippen molar-refractivity contribution >= 4 is 10.4 Å². The first-order valence-electron chi connectivity index (χ1n) is 14.5. The molecule has 3 saturated heterocycles. The minimum atomic E-state index is -4.67. The smallest absolute Gasteiger partial charge is 0.394 e. The summed E-state index contributed by atoms with van der Waals surface area (Å²) in [4.78, 5) is 0. The number of aliphatic hydroxyl groups excluding tert-OH is 8. The van der Waals surface area contributed by atoms with Crippen molar-refractivity contribution in [1.29, 1.82) is 0 Å². The Morgan fingerprint density at radius 1 is 0.574 bits per heavy atom. The first kappa shape index (κ1) is 40.5. The van der Waals surface area contributed by atoms with E-state index in [1.807, 2.05) is 0 Å². The van der Waals surface area contributed by atoms with Gasteiger partial charge in [-0.05, 0) is 6.42 Å². The predicted octanol–water partition coefficient (Wildman–Crippen LogP) is -9.51. The van der Waals surface area contributed by atoms with Gasteiger partial charge in [0.2, 0.25) is 0 Å². The van der Waals surface area contributed by atoms with Gasteiger partial charge in [-0.3, -0.25) is 9.11 Å². The fourth-order valence-electron chi connectivity index (χ4n) is 5.70. The van der Waals surface area contributed by atoms with Gasteiger partial charge < -0.3 is 97.9 Å². The molecule has 19 atom stereocenters. The van der Waals surface area contributed by atoms with Crippen LogP contribution in [0.15, 0.2) is 0 Å². The first-order chi connectivity index (χ1) is 21.8. The summed E-state index contributed by atoms with van der Waals surface area (Å²) in [5, 5.41) is 82.3. The molecule has 0 bridgehead atoms. The van der Waals surface area contributed by atoms with Crippen LogP contribution in [0.3, 0.4) is 0 Å². The zero-order chi connectivity index (χ0) is 35.5. The highest BCUT2D eigenvalue weighted by atomic mass is 32.3. The predicted molar refractivity (Wildman–Crippen MR) is 151 cm³/mol. The Hall–Kier alpha value is -0.890. The van der Waals surface area contributed by atoms with Crippen molar-refractivity contribution in [2.75, 3.05) is 19.8 Å². The van der Waals surface area contributed by atoms with Crippen molar-refractivity contribution in [3.05, 3.63) is 0 Å². The van der Waals surface area contributed by atoms with Crippen LogP contribution in [-0.2, 0) is 38.8 Å². The molecule has 0 radical (unpaired) electrons. The number of hydrogen-bond donors (Lipinski definition) is 15. The van der Waals surface area contributed by atoms with E-state index in [4.69, 9.17) is 74.6 Å². The fraction of sp³-hybridized carbons (Fsp3) is 1.00. The Labute approximate surface area is 268 Å². The van der Waals surface area contributed by atoms with Gasteiger partial charge in [0.15, 0.2) is 18.9 Å². The van der Waals surface area contributed by atoms with Gasteiger partial charge in [-0.1, -0.05) is 0 Å². The van der Waals surface area contributed by atoms with E-state index in [1.165, 1.54) is 0 Å². The molecule has 1 saturated carbocycles. The van der Waals surface area contributed by atoms with Gasteiger partial charge in [0.05, 0.1) is 31.4 Å². The van der Waals surface area contributed by atoms with Crippen molar-refractivity contribution in [2.45, 2.75) is 123 Å². The van der Waals surface area contributed by atoms with Gasteiger partial charge in [0, 0.05) is 18.6 Å². The lowest BCUT2D eigenvalue weighted by atomic mass is 9.84. The van der Waals surface area contributed by atoms with Gasteiger partial charge in [-0.15, -0.1) is 0 Å². The molecular weight excluding hydrogens is 666 g/mol. The van der Waals surface area contributed by atoms with Crippen molar-refractivity contribution in [1.82, 2.24) is 0 Å². The molecule has 0 amide bonds. The van der Waals surface area contributed by atoms with Crippen molar-refractivity contribution < 1.29 is 86.8 Å². The van der Waals surface area contributed by atoms with Crippen molar-refractivity contribution in [3.63, 3.8) is 0 Å². The van der Waals surface area contributed by atoms with Gasteiger partial charge >= 0.3 is 10.4 Å². The largest absolute Gasteiger partial charge is 0.394 e. The van der Waals surface area contributed by atoms with E-state index in [0.717, 1.165) is 0 Å². The number of aliphatic hydroxyl groups is 8. The molecule has 23 nitrogen and oxygen atoms in total. The lowest BCUT2D eigenvalue weighted by Gasteiger charge is -2.47. The average Bonchev–Trinajstić information content (AvgIpc) is 3.30. The second kappa shape index (κ2) is 16.9. The summed E-state index contributed by atoms with van der Waals surface area (Å²) in [5.41, 5.74) is 29.9. The second-order valence-electron chi connectivity index (χ2n) is 11.6. The fourth-order valence-corrected chi connectivity index (χ4v) is 5.70. The normalized spacial score (nSPS) is 49.3. The SMILES string of the molecule is NC[C@@H]1O[C@H](O[C@@H]2[C@H](O)C(O[C@@H]3C(O)[C@H](N)CC(N)[C@H]3O[C@@H]3OC(CO)[C@@H](O)[C@H](O)C3N)O[C@@H]2CO)C(N)C(O)[C@@H]1O.O=S(=O)(O)O. The topological polar surface area (TPSA) is 422 Å². The molecule has 0 aromatic carbocycles. The summed E-state index contributed by atoms with van der Waals surface area (Å²) in [6.07, 6.45) is -20.5. The van der Waals surface area contributed by atoms with Crippen LogP contribution >= 0.6 is 0 Å². The lowest BCUT2D eigenvalue weighted by molar-refractivity contribution is -0.310. The molecule has 4 aliphatic rings. The van der Waals surface area contributed by atoms with Crippen LogP contribution < -0.4 is 28.7 Å². The van der Waals surface area contributed by atoms with E-state index in [0.29, 0.717) is 0 Å². The molecule has 1 aliphatic carbocycles. The molecule has 4 fully saturated rings. The average molecular weight is 714 g/mol. The molecule has 0 aromatic heterocycles. The molecule has 3 aliphatic heterocycles. The minimum Gasteiger partial charge on any atom is -0.394 e. The van der Waals surface area contributed by atoms with Crippen LogP contribution in [0.5, 0.6) is 0 Å². The zero-order valence-corrected chi connectivity index (χ0v) is 25.6. The Morgan fingerprint density at radius 2 is 1.00 bits per heavy atom. The molecule has 47 heavy (non-hydrogen) atoms. The molecule has 24 heteroatoms. The lowest BCUT2D eigenvalue weighted by Crippen LogP contribution is -2.68. The molecule has 3 heterocycles. The van der Waals surface area contributed by atoms with Crippen LogP contribution in [0.25, 0.3) is 0 Å². The maximum absolute atomic E-state index is 11.1. The van der Waals surface area contributed by atoms with Gasteiger partial charge in [0.25, 0.3) is 0 Å². The Morgan fingerprint density at radius 3 is 1.49 bits per heavy atom. The number of ether oxygens (including phenoxy) is 6. The maximum Gasteiger partial charge on any atom is 0.394 e. The molecule has 7 unspecified atom stereocenters. The van der Waals surface area contributed by atoms with E-state index in [9.17, 15) is 40.9 Å². The molecule has 4 rings (SSSR count). The highest BCUT2D eigenvalue weighted by molar-refractivity contribution is 7.79. The molecule has 0 aromatic rings. The zero-order valence-electron chi connectivity index (χ0n) is 24.8. The van der Waals surface area contributed by atoms with E-state index in [1.54, 1.807) is 0 Å². The molecular formula is C23H47N5O18S. The highest BCUT2D eigenvalue weighted by Gasteiger charge is 2.54. The van der Waals surface area contributed by atoms with Crippen LogP contribution in [-0.4, -0.2) is 194 Å². The van der Waals surface area contributed by atoms with Crippen LogP contribution in [0.4, 0.5) is 0 Å². The number of nitrogens with two attached hydrogens (primary N) is 5. The van der Waals surface area contributed by atoms with Crippen LogP contribution in [0.1, 0.15) is 6.42 Å². The Balaban J connectivity index is 0.00000111. The summed E-state index contributed by atoms with van der Waals surface area (Å²) in [7, 11) is -4.67. The number of rotatable bonds is 9. The van der Waals surface area contributed by atoms with Gasteiger partial charge in [-0.2, -0.15) is 8.42 Å². The summed E-state index contributed by atoms with van der Waals surface area (Å²) >= 11 is 0. The highest BCUT2D eigenvalue weighted by Crippen LogP contribution is 2.34. The van der Waals surface area contributed by atoms with Crippen molar-refractivity contribution in [3.8, 4) is 0 Å². The van der Waals surface area contributed by atoms with Crippen LogP contribution in [0, 0.1) is 0 Å². The minimum absolute atomic E-state index is 0.0642. The third-order valence-corrected chi connectivity index (χ3v) is 8.32. The Kier molecular flexibility index (Phi) is 14.6. The molecule has 20 N–H and O–H groups in total. The summed E-state index contributed by atoms with van der Waals surface area (Å²) in [5.74, 6) is 0.